The predicted molar refractivity (Wildman–Crippen MR) is 142 cm³/mol. The minimum atomic E-state index is -4.03. The molecule has 0 spiro atoms. The molecule has 0 bridgehead atoms. The summed E-state index contributed by atoms with van der Waals surface area (Å²) in [6.45, 7) is 2.03. The SMILES string of the molecule is COc1nc2c(C)c(C(N)=O)c(S(=O)(=O)c3ccccc3)cc2n1Cc1ccc(-c2ccccc2)cc1. The van der Waals surface area contributed by atoms with Gasteiger partial charge >= 0.3 is 0 Å². The number of aryl methyl sites for hydroxylation is 1. The van der Waals surface area contributed by atoms with E-state index in [2.05, 4.69) is 17.1 Å². The van der Waals surface area contributed by atoms with Crippen molar-refractivity contribution in [3.8, 4) is 17.1 Å². The van der Waals surface area contributed by atoms with Crippen LogP contribution < -0.4 is 10.5 Å². The third kappa shape index (κ3) is 4.36. The minimum absolute atomic E-state index is 0.0733. The van der Waals surface area contributed by atoms with E-state index in [1.807, 2.05) is 42.5 Å². The van der Waals surface area contributed by atoms with Crippen molar-refractivity contribution in [3.63, 3.8) is 0 Å². The van der Waals surface area contributed by atoms with Gasteiger partial charge in [0.1, 0.15) is 0 Å². The Hall–Kier alpha value is -4.43. The van der Waals surface area contributed by atoms with Crippen LogP contribution in [0, 0.1) is 6.92 Å². The fraction of sp³-hybridized carbons (Fsp3) is 0.103. The van der Waals surface area contributed by atoms with E-state index in [-0.39, 0.29) is 15.4 Å². The number of methoxy groups -OCH3 is 1. The average Bonchev–Trinajstić information content (AvgIpc) is 3.27. The highest BCUT2D eigenvalue weighted by Crippen LogP contribution is 2.34. The molecule has 0 fully saturated rings. The van der Waals surface area contributed by atoms with E-state index in [9.17, 15) is 13.2 Å². The molecule has 5 rings (SSSR count). The molecule has 0 aliphatic heterocycles. The number of nitrogens with zero attached hydrogens (tertiary/aromatic N) is 2. The number of ether oxygens (including phenoxy) is 1. The van der Waals surface area contributed by atoms with Crippen molar-refractivity contribution >= 4 is 26.8 Å². The van der Waals surface area contributed by atoms with Gasteiger partial charge in [-0.05, 0) is 47.4 Å². The maximum absolute atomic E-state index is 13.6. The maximum Gasteiger partial charge on any atom is 0.297 e. The Labute approximate surface area is 215 Å². The second kappa shape index (κ2) is 9.55. The highest BCUT2D eigenvalue weighted by atomic mass is 32.2. The van der Waals surface area contributed by atoms with Gasteiger partial charge in [-0.25, -0.2) is 8.42 Å². The number of sulfone groups is 1. The van der Waals surface area contributed by atoms with E-state index in [1.165, 1.54) is 25.3 Å². The van der Waals surface area contributed by atoms with Crippen LogP contribution in [0.1, 0.15) is 21.5 Å². The summed E-state index contributed by atoms with van der Waals surface area (Å²) in [5.74, 6) is -0.834. The molecule has 7 nitrogen and oxygen atoms in total. The molecule has 0 saturated heterocycles. The number of carbonyl (C=O) groups excluding carboxylic acids is 1. The van der Waals surface area contributed by atoms with Crippen molar-refractivity contribution in [2.75, 3.05) is 7.11 Å². The van der Waals surface area contributed by atoms with Crippen LogP contribution in [-0.4, -0.2) is 31.0 Å². The second-order valence-corrected chi connectivity index (χ2v) is 10.6. The van der Waals surface area contributed by atoms with Crippen LogP contribution in [0.2, 0.25) is 0 Å². The van der Waals surface area contributed by atoms with E-state index in [1.54, 1.807) is 29.7 Å². The van der Waals surface area contributed by atoms with Crippen LogP contribution in [0.3, 0.4) is 0 Å². The first-order valence-corrected chi connectivity index (χ1v) is 13.1. The third-order valence-corrected chi connectivity index (χ3v) is 8.18. The topological polar surface area (TPSA) is 104 Å². The Morgan fingerprint density at radius 3 is 2.11 bits per heavy atom. The number of hydrogen-bond acceptors (Lipinski definition) is 5. The van der Waals surface area contributed by atoms with Gasteiger partial charge in [0.15, 0.2) is 0 Å². The Bertz CT molecular complexity index is 1710. The molecule has 186 valence electrons. The van der Waals surface area contributed by atoms with Gasteiger partial charge in [0.05, 0.1) is 40.0 Å². The molecule has 5 aromatic rings. The molecule has 0 unspecified atom stereocenters. The molecule has 0 aliphatic carbocycles. The number of fused-ring (bicyclic) bond motifs is 1. The molecule has 8 heteroatoms. The first-order chi connectivity index (χ1) is 17.8. The smallest absolute Gasteiger partial charge is 0.297 e. The van der Waals surface area contributed by atoms with Crippen LogP contribution in [0.25, 0.3) is 22.2 Å². The molecule has 1 aromatic heterocycles. The molecule has 0 aliphatic rings. The number of aromatic nitrogens is 2. The zero-order valence-electron chi connectivity index (χ0n) is 20.4. The first kappa shape index (κ1) is 24.3. The van der Waals surface area contributed by atoms with Crippen LogP contribution >= 0.6 is 0 Å². The molecule has 4 aromatic carbocycles. The van der Waals surface area contributed by atoms with Crippen molar-refractivity contribution in [1.82, 2.24) is 9.55 Å². The lowest BCUT2D eigenvalue weighted by Gasteiger charge is -2.14. The molecule has 1 heterocycles. The van der Waals surface area contributed by atoms with Gasteiger partial charge in [0.2, 0.25) is 15.7 Å². The van der Waals surface area contributed by atoms with Crippen LogP contribution in [0.15, 0.2) is 101 Å². The van der Waals surface area contributed by atoms with E-state index < -0.39 is 15.7 Å². The summed E-state index contributed by atoms with van der Waals surface area (Å²) < 4.78 is 34.6. The number of amides is 1. The first-order valence-electron chi connectivity index (χ1n) is 11.6. The minimum Gasteiger partial charge on any atom is -0.468 e. The maximum atomic E-state index is 13.6. The Balaban J connectivity index is 1.66. The van der Waals surface area contributed by atoms with E-state index >= 15 is 0 Å². The van der Waals surface area contributed by atoms with Crippen molar-refractivity contribution in [2.45, 2.75) is 23.3 Å². The zero-order chi connectivity index (χ0) is 26.2. The molecule has 2 N–H and O–H groups in total. The lowest BCUT2D eigenvalue weighted by Crippen LogP contribution is -2.19. The summed E-state index contributed by atoms with van der Waals surface area (Å²) in [6, 6.07) is 27.9. The molecule has 37 heavy (non-hydrogen) atoms. The van der Waals surface area contributed by atoms with Crippen LogP contribution in [0.5, 0.6) is 6.01 Å². The summed E-state index contributed by atoms with van der Waals surface area (Å²) in [6.07, 6.45) is 0. The molecular formula is C29H25N3O4S. The normalized spacial score (nSPS) is 11.5. The number of benzene rings is 4. The lowest BCUT2D eigenvalue weighted by molar-refractivity contribution is 0.0996. The van der Waals surface area contributed by atoms with Gasteiger partial charge in [0, 0.05) is 0 Å². The molecule has 1 amide bonds. The van der Waals surface area contributed by atoms with Gasteiger partial charge in [0.25, 0.3) is 6.01 Å². The number of hydrogen-bond donors (Lipinski definition) is 1. The number of imidazole rings is 1. The van der Waals surface area contributed by atoms with Gasteiger partial charge in [-0.3, -0.25) is 9.36 Å². The fourth-order valence-electron chi connectivity index (χ4n) is 4.54. The summed E-state index contributed by atoms with van der Waals surface area (Å²) in [4.78, 5) is 16.9. The monoisotopic (exact) mass is 511 g/mol. The van der Waals surface area contributed by atoms with Crippen LogP contribution in [0.4, 0.5) is 0 Å². The highest BCUT2D eigenvalue weighted by molar-refractivity contribution is 7.91. The van der Waals surface area contributed by atoms with Crippen molar-refractivity contribution < 1.29 is 17.9 Å². The van der Waals surface area contributed by atoms with Crippen LogP contribution in [-0.2, 0) is 16.4 Å². The number of carbonyl (C=O) groups is 1. The van der Waals surface area contributed by atoms with Crippen molar-refractivity contribution in [1.29, 1.82) is 0 Å². The number of primary amides is 1. The van der Waals surface area contributed by atoms with Gasteiger partial charge in [-0.1, -0.05) is 72.8 Å². The molecular weight excluding hydrogens is 486 g/mol. The largest absolute Gasteiger partial charge is 0.468 e. The lowest BCUT2D eigenvalue weighted by atomic mass is 10.0. The number of rotatable bonds is 7. The quantitative estimate of drug-likeness (QED) is 0.331. The van der Waals surface area contributed by atoms with Gasteiger partial charge in [-0.2, -0.15) is 4.98 Å². The summed E-state index contributed by atoms with van der Waals surface area (Å²) in [7, 11) is -2.53. The predicted octanol–water partition coefficient (Wildman–Crippen LogP) is 5.00. The van der Waals surface area contributed by atoms with Gasteiger partial charge in [-0.15, -0.1) is 0 Å². The van der Waals surface area contributed by atoms with Gasteiger partial charge < -0.3 is 10.5 Å². The zero-order valence-corrected chi connectivity index (χ0v) is 21.2. The standard InChI is InChI=1S/C29H25N3O4S/c1-19-26(28(30)33)25(37(34,35)23-11-7-4-8-12-23)17-24-27(19)31-29(36-2)32(24)18-20-13-15-22(16-14-20)21-9-5-3-6-10-21/h3-17H,18H2,1-2H3,(H2,30,33). The Kier molecular flexibility index (Phi) is 6.27. The Morgan fingerprint density at radius 1 is 0.919 bits per heavy atom. The van der Waals surface area contributed by atoms with Crippen molar-refractivity contribution in [2.24, 2.45) is 5.73 Å². The molecule has 0 radical (unpaired) electrons. The number of nitrogens with two attached hydrogens (primary N) is 1. The molecule has 0 saturated carbocycles. The van der Waals surface area contributed by atoms with E-state index in [0.717, 1.165) is 16.7 Å². The highest BCUT2D eigenvalue weighted by Gasteiger charge is 2.29. The third-order valence-electron chi connectivity index (χ3n) is 6.39. The summed E-state index contributed by atoms with van der Waals surface area (Å²) in [5, 5.41) is 0. The van der Waals surface area contributed by atoms with Crippen molar-refractivity contribution in [3.05, 3.63) is 108 Å². The Morgan fingerprint density at radius 2 is 1.51 bits per heavy atom. The van der Waals surface area contributed by atoms with E-state index in [0.29, 0.717) is 29.2 Å². The molecule has 0 atom stereocenters. The van der Waals surface area contributed by atoms with E-state index in [4.69, 9.17) is 10.5 Å². The summed E-state index contributed by atoms with van der Waals surface area (Å²) >= 11 is 0. The average molecular weight is 512 g/mol. The fourth-order valence-corrected chi connectivity index (χ4v) is 6.09. The summed E-state index contributed by atoms with van der Waals surface area (Å²) in [5.41, 5.74) is 10.1. The second-order valence-electron chi connectivity index (χ2n) is 8.67.